The summed E-state index contributed by atoms with van der Waals surface area (Å²) in [5.74, 6) is 0.641. The van der Waals surface area contributed by atoms with Crippen molar-refractivity contribution in [2.45, 2.75) is 6.23 Å². The minimum absolute atomic E-state index is 0.529. The van der Waals surface area contributed by atoms with Gasteiger partial charge in [-0.1, -0.05) is 41.9 Å². The Hall–Kier alpha value is -2.50. The predicted octanol–water partition coefficient (Wildman–Crippen LogP) is 3.42. The molecule has 114 valence electrons. The van der Waals surface area contributed by atoms with E-state index in [0.29, 0.717) is 10.8 Å². The van der Waals surface area contributed by atoms with E-state index in [0.717, 1.165) is 22.5 Å². The van der Waals surface area contributed by atoms with Gasteiger partial charge in [-0.15, -0.1) is 0 Å². The van der Waals surface area contributed by atoms with Crippen LogP contribution in [0.15, 0.2) is 59.9 Å². The van der Waals surface area contributed by atoms with Crippen molar-refractivity contribution in [2.75, 3.05) is 7.11 Å². The molecule has 0 N–H and O–H groups in total. The third-order valence-electron chi connectivity index (χ3n) is 3.75. The normalized spacial score (nSPS) is 16.3. The molecule has 3 aromatic rings. The van der Waals surface area contributed by atoms with Gasteiger partial charge in [-0.2, -0.15) is 5.10 Å². The molecule has 0 bridgehead atoms. The number of hydrogen-bond acceptors (Lipinski definition) is 4. The molecule has 0 aliphatic carbocycles. The first kappa shape index (κ1) is 14.1. The molecular weight excluding hydrogens is 312 g/mol. The van der Waals surface area contributed by atoms with E-state index < -0.39 is 6.23 Å². The Morgan fingerprint density at radius 2 is 1.96 bits per heavy atom. The van der Waals surface area contributed by atoms with Gasteiger partial charge in [0.1, 0.15) is 6.33 Å². The monoisotopic (exact) mass is 324 g/mol. The van der Waals surface area contributed by atoms with Crippen LogP contribution >= 0.6 is 11.6 Å². The van der Waals surface area contributed by atoms with Gasteiger partial charge in [-0.05, 0) is 18.2 Å². The Balaban J connectivity index is 2.03. The molecule has 2 aromatic carbocycles. The smallest absolute Gasteiger partial charge is 0.209 e. The summed E-state index contributed by atoms with van der Waals surface area (Å²) in [5.41, 5.74) is 3.57. The number of methoxy groups -OCH3 is 1. The lowest BCUT2D eigenvalue weighted by Gasteiger charge is -2.11. The van der Waals surface area contributed by atoms with Gasteiger partial charge < -0.3 is 4.74 Å². The van der Waals surface area contributed by atoms with Crippen molar-refractivity contribution in [1.29, 1.82) is 0 Å². The van der Waals surface area contributed by atoms with Crippen LogP contribution in [-0.4, -0.2) is 27.6 Å². The Kier molecular flexibility index (Phi) is 3.44. The molecule has 0 saturated carbocycles. The van der Waals surface area contributed by atoms with Crippen LogP contribution in [0.2, 0.25) is 5.02 Å². The average molecular weight is 325 g/mol. The highest BCUT2D eigenvalue weighted by atomic mass is 35.5. The number of nitrogens with zero attached hydrogens (tertiary/aromatic N) is 4. The second kappa shape index (κ2) is 5.61. The van der Waals surface area contributed by atoms with Crippen molar-refractivity contribution in [1.82, 2.24) is 14.8 Å². The average Bonchev–Trinajstić information content (AvgIpc) is 3.01. The van der Waals surface area contributed by atoms with E-state index >= 15 is 0 Å². The number of ether oxygens (including phenoxy) is 1. The standard InChI is InChI=1S/C17H13ClN4O/c1-23-17-16-19-10-20-22(16)14-8-7-12(18)9-13(14)15(21-17)11-5-3-2-4-6-11/h2-10,17H,1H3. The molecule has 1 aliphatic heterocycles. The first-order valence-corrected chi connectivity index (χ1v) is 7.52. The molecule has 0 fully saturated rings. The molecular formula is C17H13ClN4O. The van der Waals surface area contributed by atoms with Crippen LogP contribution in [0.5, 0.6) is 0 Å². The van der Waals surface area contributed by atoms with Crippen molar-refractivity contribution in [2.24, 2.45) is 4.99 Å². The van der Waals surface area contributed by atoms with Gasteiger partial charge >= 0.3 is 0 Å². The SMILES string of the molecule is COC1N=C(c2ccccc2)c2cc(Cl)ccc2-n2ncnc21. The topological polar surface area (TPSA) is 52.3 Å². The van der Waals surface area contributed by atoms with E-state index in [4.69, 9.17) is 21.3 Å². The second-order valence-electron chi connectivity index (χ2n) is 5.12. The van der Waals surface area contributed by atoms with E-state index in [2.05, 4.69) is 10.1 Å². The molecule has 0 amide bonds. The maximum absolute atomic E-state index is 6.22. The van der Waals surface area contributed by atoms with Crippen LogP contribution in [0.1, 0.15) is 23.2 Å². The first-order chi connectivity index (χ1) is 11.3. The number of aliphatic imine (C=N–C) groups is 1. The maximum atomic E-state index is 6.22. The van der Waals surface area contributed by atoms with Gasteiger partial charge in [-0.25, -0.2) is 14.7 Å². The van der Waals surface area contributed by atoms with Crippen LogP contribution in [-0.2, 0) is 4.74 Å². The van der Waals surface area contributed by atoms with Crippen LogP contribution < -0.4 is 0 Å². The van der Waals surface area contributed by atoms with Crippen LogP contribution in [0.3, 0.4) is 0 Å². The van der Waals surface area contributed by atoms with Crippen molar-refractivity contribution in [3.8, 4) is 5.69 Å². The van der Waals surface area contributed by atoms with E-state index in [9.17, 15) is 0 Å². The quantitative estimate of drug-likeness (QED) is 0.726. The van der Waals surface area contributed by atoms with Crippen molar-refractivity contribution in [3.63, 3.8) is 0 Å². The Morgan fingerprint density at radius 1 is 1.13 bits per heavy atom. The lowest BCUT2D eigenvalue weighted by atomic mass is 10.0. The molecule has 6 heteroatoms. The zero-order valence-electron chi connectivity index (χ0n) is 12.3. The van der Waals surface area contributed by atoms with Crippen molar-refractivity contribution in [3.05, 3.63) is 76.8 Å². The van der Waals surface area contributed by atoms with E-state index in [1.165, 1.54) is 6.33 Å². The van der Waals surface area contributed by atoms with Gasteiger partial charge in [-0.3, -0.25) is 0 Å². The minimum atomic E-state index is -0.529. The molecule has 1 aliphatic rings. The number of rotatable bonds is 2. The Morgan fingerprint density at radius 3 is 2.74 bits per heavy atom. The third kappa shape index (κ3) is 2.34. The Labute approximate surface area is 138 Å². The summed E-state index contributed by atoms with van der Waals surface area (Å²) in [4.78, 5) is 9.08. The summed E-state index contributed by atoms with van der Waals surface area (Å²) < 4.78 is 7.27. The molecule has 2 heterocycles. The maximum Gasteiger partial charge on any atom is 0.209 e. The molecule has 4 rings (SSSR count). The van der Waals surface area contributed by atoms with Crippen LogP contribution in [0.4, 0.5) is 0 Å². The highest BCUT2D eigenvalue weighted by Crippen LogP contribution is 2.30. The zero-order chi connectivity index (χ0) is 15.8. The molecule has 0 spiro atoms. The van der Waals surface area contributed by atoms with Gasteiger partial charge in [0.25, 0.3) is 0 Å². The third-order valence-corrected chi connectivity index (χ3v) is 3.99. The fourth-order valence-electron chi connectivity index (χ4n) is 2.72. The highest BCUT2D eigenvalue weighted by Gasteiger charge is 2.26. The molecule has 1 atom stereocenters. The van der Waals surface area contributed by atoms with Gasteiger partial charge in [0.2, 0.25) is 6.23 Å². The lowest BCUT2D eigenvalue weighted by Crippen LogP contribution is -2.08. The number of halogens is 1. The largest absolute Gasteiger partial charge is 0.353 e. The lowest BCUT2D eigenvalue weighted by molar-refractivity contribution is 0.102. The second-order valence-corrected chi connectivity index (χ2v) is 5.56. The first-order valence-electron chi connectivity index (χ1n) is 7.14. The number of aromatic nitrogens is 3. The van der Waals surface area contributed by atoms with Gasteiger partial charge in [0.05, 0.1) is 11.4 Å². The molecule has 1 aromatic heterocycles. The van der Waals surface area contributed by atoms with Crippen molar-refractivity contribution < 1.29 is 4.74 Å². The van der Waals surface area contributed by atoms with Gasteiger partial charge in [0, 0.05) is 23.3 Å². The predicted molar refractivity (Wildman–Crippen MR) is 88.2 cm³/mol. The summed E-state index contributed by atoms with van der Waals surface area (Å²) >= 11 is 6.22. The fraction of sp³-hybridized carbons (Fsp3) is 0.118. The molecule has 23 heavy (non-hydrogen) atoms. The number of benzene rings is 2. The van der Waals surface area contributed by atoms with E-state index in [1.54, 1.807) is 11.8 Å². The van der Waals surface area contributed by atoms with E-state index in [-0.39, 0.29) is 0 Å². The molecule has 5 nitrogen and oxygen atoms in total. The molecule has 0 saturated heterocycles. The van der Waals surface area contributed by atoms with Gasteiger partial charge in [0.15, 0.2) is 5.82 Å². The van der Waals surface area contributed by atoms with Crippen LogP contribution in [0, 0.1) is 0 Å². The van der Waals surface area contributed by atoms with Crippen molar-refractivity contribution >= 4 is 17.3 Å². The number of hydrogen-bond donors (Lipinski definition) is 0. The van der Waals surface area contributed by atoms with E-state index in [1.807, 2.05) is 48.5 Å². The summed E-state index contributed by atoms with van der Waals surface area (Å²) in [6.07, 6.45) is 0.974. The molecule has 0 radical (unpaired) electrons. The minimum Gasteiger partial charge on any atom is -0.353 e. The number of fused-ring (bicyclic) bond motifs is 3. The van der Waals surface area contributed by atoms with Crippen LogP contribution in [0.25, 0.3) is 5.69 Å². The summed E-state index contributed by atoms with van der Waals surface area (Å²) in [7, 11) is 1.61. The summed E-state index contributed by atoms with van der Waals surface area (Å²) in [6, 6.07) is 15.6. The highest BCUT2D eigenvalue weighted by molar-refractivity contribution is 6.31. The fourth-order valence-corrected chi connectivity index (χ4v) is 2.89. The summed E-state index contributed by atoms with van der Waals surface area (Å²) in [5, 5.41) is 4.97. The zero-order valence-corrected chi connectivity index (χ0v) is 13.1. The summed E-state index contributed by atoms with van der Waals surface area (Å²) in [6.45, 7) is 0. The Bertz CT molecular complexity index is 889. The molecule has 1 unspecified atom stereocenters.